The molecule has 1 aliphatic rings. The summed E-state index contributed by atoms with van der Waals surface area (Å²) >= 11 is 0. The molecule has 0 spiro atoms. The van der Waals surface area contributed by atoms with Gasteiger partial charge in [-0.3, -0.25) is 4.79 Å². The monoisotopic (exact) mass is 258 g/mol. The minimum absolute atomic E-state index is 0.0788. The third-order valence-electron chi connectivity index (χ3n) is 3.65. The van der Waals surface area contributed by atoms with Gasteiger partial charge in [0.1, 0.15) is 11.5 Å². The highest BCUT2D eigenvalue weighted by molar-refractivity contribution is 6.03. The van der Waals surface area contributed by atoms with Gasteiger partial charge in [-0.05, 0) is 36.6 Å². The van der Waals surface area contributed by atoms with Crippen LogP contribution in [0.15, 0.2) is 24.8 Å². The van der Waals surface area contributed by atoms with Gasteiger partial charge in [0.2, 0.25) is 0 Å². The summed E-state index contributed by atoms with van der Waals surface area (Å²) in [6.07, 6.45) is 2.35. The summed E-state index contributed by atoms with van der Waals surface area (Å²) in [6.45, 7) is 6.92. The fourth-order valence-electron chi connectivity index (χ4n) is 2.89. The molecule has 0 fully saturated rings. The molecular formula is C15H15FN2O. The van der Waals surface area contributed by atoms with Crippen LogP contribution in [0.4, 0.5) is 4.39 Å². The van der Waals surface area contributed by atoms with Crippen molar-refractivity contribution in [2.75, 3.05) is 6.54 Å². The zero-order chi connectivity index (χ0) is 13.6. The van der Waals surface area contributed by atoms with Gasteiger partial charge in [0.25, 0.3) is 5.91 Å². The maximum absolute atomic E-state index is 13.7. The zero-order valence-electron chi connectivity index (χ0n) is 10.8. The second-order valence-electron chi connectivity index (χ2n) is 4.84. The first kappa shape index (κ1) is 12.0. The first-order valence-electron chi connectivity index (χ1n) is 6.33. The SMILES string of the molecule is C=CCc1cc(F)cc2c(C)c3n(c12)CCNC3=O. The molecule has 0 aliphatic carbocycles. The smallest absolute Gasteiger partial charge is 0.268 e. The van der Waals surface area contributed by atoms with E-state index in [0.29, 0.717) is 18.7 Å². The van der Waals surface area contributed by atoms with E-state index in [0.717, 1.165) is 28.6 Å². The van der Waals surface area contributed by atoms with E-state index in [1.807, 2.05) is 11.5 Å². The van der Waals surface area contributed by atoms with Crippen molar-refractivity contribution in [3.8, 4) is 0 Å². The Morgan fingerprint density at radius 1 is 1.53 bits per heavy atom. The Balaban J connectivity index is 2.42. The molecular weight excluding hydrogens is 243 g/mol. The number of allylic oxidation sites excluding steroid dienone is 1. The lowest BCUT2D eigenvalue weighted by molar-refractivity contribution is 0.0928. The first-order valence-corrected chi connectivity index (χ1v) is 6.33. The number of benzene rings is 1. The lowest BCUT2D eigenvalue weighted by Crippen LogP contribution is -2.35. The predicted molar refractivity (Wildman–Crippen MR) is 72.9 cm³/mol. The molecule has 1 amide bonds. The molecule has 3 rings (SSSR count). The van der Waals surface area contributed by atoms with Gasteiger partial charge in [0.05, 0.1) is 5.52 Å². The normalized spacial score (nSPS) is 14.3. The van der Waals surface area contributed by atoms with E-state index in [2.05, 4.69) is 11.9 Å². The summed E-state index contributed by atoms with van der Waals surface area (Å²) in [6, 6.07) is 3.04. The maximum Gasteiger partial charge on any atom is 0.268 e. The van der Waals surface area contributed by atoms with Crippen molar-refractivity contribution in [3.05, 3.63) is 47.4 Å². The van der Waals surface area contributed by atoms with Crippen LogP contribution in [0, 0.1) is 12.7 Å². The van der Waals surface area contributed by atoms with Crippen LogP contribution in [0.25, 0.3) is 10.9 Å². The molecule has 0 radical (unpaired) electrons. The molecule has 1 N–H and O–H groups in total. The molecule has 2 aromatic rings. The average molecular weight is 258 g/mol. The lowest BCUT2D eigenvalue weighted by atomic mass is 10.1. The van der Waals surface area contributed by atoms with Gasteiger partial charge >= 0.3 is 0 Å². The third-order valence-corrected chi connectivity index (χ3v) is 3.65. The highest BCUT2D eigenvalue weighted by atomic mass is 19.1. The standard InChI is InChI=1S/C15H15FN2O/c1-3-4-10-7-11(16)8-12-9(2)13-15(19)17-5-6-18(13)14(10)12/h3,7-8H,1,4-6H2,2H3,(H,17,19). The molecule has 0 bridgehead atoms. The van der Waals surface area contributed by atoms with Gasteiger partial charge in [-0.15, -0.1) is 6.58 Å². The number of hydrogen-bond donors (Lipinski definition) is 1. The number of carbonyl (C=O) groups excluding carboxylic acids is 1. The lowest BCUT2D eigenvalue weighted by Gasteiger charge is -2.18. The van der Waals surface area contributed by atoms with Crippen LogP contribution < -0.4 is 5.32 Å². The first-order chi connectivity index (χ1) is 9.13. The number of hydrogen-bond acceptors (Lipinski definition) is 1. The van der Waals surface area contributed by atoms with Crippen LogP contribution in [0.2, 0.25) is 0 Å². The van der Waals surface area contributed by atoms with Crippen LogP contribution in [-0.2, 0) is 13.0 Å². The number of fused-ring (bicyclic) bond motifs is 3. The molecule has 4 heteroatoms. The van der Waals surface area contributed by atoms with E-state index in [4.69, 9.17) is 0 Å². The fourth-order valence-corrected chi connectivity index (χ4v) is 2.89. The summed E-state index contributed by atoms with van der Waals surface area (Å²) in [5.41, 5.74) is 3.34. The molecule has 98 valence electrons. The molecule has 19 heavy (non-hydrogen) atoms. The zero-order valence-corrected chi connectivity index (χ0v) is 10.8. The summed E-state index contributed by atoms with van der Waals surface area (Å²) < 4.78 is 15.7. The van der Waals surface area contributed by atoms with E-state index >= 15 is 0 Å². The highest BCUT2D eigenvalue weighted by Crippen LogP contribution is 2.31. The van der Waals surface area contributed by atoms with Gasteiger partial charge < -0.3 is 9.88 Å². The van der Waals surface area contributed by atoms with Crippen molar-refractivity contribution >= 4 is 16.8 Å². The van der Waals surface area contributed by atoms with Crippen molar-refractivity contribution in [1.82, 2.24) is 9.88 Å². The largest absolute Gasteiger partial charge is 0.349 e. The van der Waals surface area contributed by atoms with Gasteiger partial charge in [0, 0.05) is 18.5 Å². The average Bonchev–Trinajstić information content (AvgIpc) is 2.65. The number of aryl methyl sites for hydroxylation is 1. The van der Waals surface area contributed by atoms with Crippen molar-refractivity contribution in [2.24, 2.45) is 0 Å². The molecule has 0 atom stereocenters. The van der Waals surface area contributed by atoms with E-state index in [-0.39, 0.29) is 11.7 Å². The summed E-state index contributed by atoms with van der Waals surface area (Å²) in [5, 5.41) is 3.66. The van der Waals surface area contributed by atoms with Gasteiger partial charge in [0.15, 0.2) is 0 Å². The van der Waals surface area contributed by atoms with Gasteiger partial charge in [-0.2, -0.15) is 0 Å². The van der Waals surface area contributed by atoms with Crippen LogP contribution in [0.3, 0.4) is 0 Å². The van der Waals surface area contributed by atoms with Crippen LogP contribution >= 0.6 is 0 Å². The summed E-state index contributed by atoms with van der Waals surface area (Å²) in [4.78, 5) is 12.0. The molecule has 3 nitrogen and oxygen atoms in total. The second-order valence-corrected chi connectivity index (χ2v) is 4.84. The Kier molecular flexibility index (Phi) is 2.66. The van der Waals surface area contributed by atoms with Crippen molar-refractivity contribution < 1.29 is 9.18 Å². The van der Waals surface area contributed by atoms with E-state index < -0.39 is 0 Å². The number of nitrogens with zero attached hydrogens (tertiary/aromatic N) is 1. The van der Waals surface area contributed by atoms with Gasteiger partial charge in [-0.1, -0.05) is 6.08 Å². The molecule has 0 unspecified atom stereocenters. The van der Waals surface area contributed by atoms with Crippen molar-refractivity contribution in [1.29, 1.82) is 0 Å². The van der Waals surface area contributed by atoms with Crippen LogP contribution in [0.1, 0.15) is 21.6 Å². The second kappa shape index (κ2) is 4.23. The molecule has 2 heterocycles. The molecule has 1 aromatic heterocycles. The third kappa shape index (κ3) is 1.67. The summed E-state index contributed by atoms with van der Waals surface area (Å²) in [7, 11) is 0. The Morgan fingerprint density at radius 3 is 3.05 bits per heavy atom. The Bertz CT molecular complexity index is 700. The number of carbonyl (C=O) groups is 1. The van der Waals surface area contributed by atoms with E-state index in [1.165, 1.54) is 12.1 Å². The Morgan fingerprint density at radius 2 is 2.32 bits per heavy atom. The molecule has 1 aliphatic heterocycles. The number of halogens is 1. The fraction of sp³-hybridized carbons (Fsp3) is 0.267. The molecule has 0 saturated heterocycles. The Labute approximate surface area is 110 Å². The van der Waals surface area contributed by atoms with Crippen LogP contribution in [-0.4, -0.2) is 17.0 Å². The van der Waals surface area contributed by atoms with Crippen LogP contribution in [0.5, 0.6) is 0 Å². The van der Waals surface area contributed by atoms with E-state index in [9.17, 15) is 9.18 Å². The number of amides is 1. The summed E-state index contributed by atoms with van der Waals surface area (Å²) in [5.74, 6) is -0.347. The van der Waals surface area contributed by atoms with Crippen molar-refractivity contribution in [3.63, 3.8) is 0 Å². The highest BCUT2D eigenvalue weighted by Gasteiger charge is 2.25. The molecule has 1 aromatic carbocycles. The minimum atomic E-state index is -0.268. The number of nitrogens with one attached hydrogen (secondary N) is 1. The molecule has 0 saturated carbocycles. The number of rotatable bonds is 2. The Hall–Kier alpha value is -2.10. The minimum Gasteiger partial charge on any atom is -0.349 e. The quantitative estimate of drug-likeness (QED) is 0.825. The topological polar surface area (TPSA) is 34.0 Å². The predicted octanol–water partition coefficient (Wildman–Crippen LogP) is 2.56. The van der Waals surface area contributed by atoms with E-state index in [1.54, 1.807) is 6.08 Å². The maximum atomic E-state index is 13.7. The van der Waals surface area contributed by atoms with Gasteiger partial charge in [-0.25, -0.2) is 4.39 Å². The van der Waals surface area contributed by atoms with Crippen molar-refractivity contribution in [2.45, 2.75) is 19.9 Å². The number of aromatic nitrogens is 1.